The van der Waals surface area contributed by atoms with E-state index >= 15 is 0 Å². The van der Waals surface area contributed by atoms with E-state index in [4.69, 9.17) is 4.42 Å². The summed E-state index contributed by atoms with van der Waals surface area (Å²) in [5, 5.41) is 16.1. The predicted octanol–water partition coefficient (Wildman–Crippen LogP) is 6.53. The highest BCUT2D eigenvalue weighted by Gasteiger charge is 2.27. The maximum absolute atomic E-state index is 13.3. The van der Waals surface area contributed by atoms with Crippen molar-refractivity contribution in [3.8, 4) is 6.07 Å². The Labute approximate surface area is 235 Å². The van der Waals surface area contributed by atoms with Crippen molar-refractivity contribution >= 4 is 45.6 Å². The van der Waals surface area contributed by atoms with Crippen LogP contribution in [0.15, 0.2) is 82.3 Å². The van der Waals surface area contributed by atoms with Gasteiger partial charge in [0.2, 0.25) is 5.91 Å². The summed E-state index contributed by atoms with van der Waals surface area (Å²) in [6, 6.07) is 23.4. The number of nitrogens with one attached hydrogen (secondary N) is 2. The van der Waals surface area contributed by atoms with Gasteiger partial charge >= 0.3 is 0 Å². The molecule has 0 radical (unpaired) electrons. The van der Waals surface area contributed by atoms with E-state index in [0.29, 0.717) is 22.7 Å². The van der Waals surface area contributed by atoms with Crippen molar-refractivity contribution in [2.24, 2.45) is 0 Å². The molecule has 1 aliphatic rings. The highest BCUT2D eigenvalue weighted by atomic mass is 32.2. The summed E-state index contributed by atoms with van der Waals surface area (Å²) in [5.41, 5.74) is 3.53. The van der Waals surface area contributed by atoms with Crippen LogP contribution in [0, 0.1) is 11.3 Å². The summed E-state index contributed by atoms with van der Waals surface area (Å²) in [6.07, 6.45) is 2.85. The zero-order valence-electron chi connectivity index (χ0n) is 21.5. The molecule has 0 bridgehead atoms. The van der Waals surface area contributed by atoms with E-state index in [1.807, 2.05) is 43.3 Å². The van der Waals surface area contributed by atoms with Gasteiger partial charge in [0, 0.05) is 35.1 Å². The Morgan fingerprint density at radius 1 is 1.13 bits per heavy atom. The van der Waals surface area contributed by atoms with Crippen molar-refractivity contribution in [3.05, 3.63) is 100 Å². The third-order valence-corrected chi connectivity index (χ3v) is 9.00. The minimum atomic E-state index is -0.360. The molecule has 5 rings (SSSR count). The lowest BCUT2D eigenvalue weighted by molar-refractivity contribution is -0.115. The standard InChI is InChI=1S/C30H28N4O3S2/c1-2-26(38-22-11-6-10-21(16-22)32-28(35)25-12-7-15-37-25)29(36)33-30-24(17-31)23-13-14-34(19-27(23)39-30)18-20-8-4-3-5-9-20/h3-12,15-16,26H,2,13-14,18-19H2,1H3,(H,32,35)(H,33,36). The van der Waals surface area contributed by atoms with Gasteiger partial charge in [0.15, 0.2) is 5.76 Å². The zero-order valence-corrected chi connectivity index (χ0v) is 23.1. The monoisotopic (exact) mass is 556 g/mol. The van der Waals surface area contributed by atoms with Crippen molar-refractivity contribution in [3.63, 3.8) is 0 Å². The number of hydrogen-bond acceptors (Lipinski definition) is 7. The topological polar surface area (TPSA) is 98.4 Å². The van der Waals surface area contributed by atoms with E-state index in [9.17, 15) is 14.9 Å². The molecule has 1 unspecified atom stereocenters. The molecule has 4 aromatic rings. The van der Waals surface area contributed by atoms with Crippen LogP contribution in [-0.4, -0.2) is 28.5 Å². The Balaban J connectivity index is 1.25. The van der Waals surface area contributed by atoms with Crippen LogP contribution in [0.1, 0.15) is 45.5 Å². The van der Waals surface area contributed by atoms with E-state index in [2.05, 4.69) is 33.7 Å². The number of anilines is 2. The van der Waals surface area contributed by atoms with Crippen molar-refractivity contribution in [1.82, 2.24) is 4.90 Å². The Morgan fingerprint density at radius 3 is 2.72 bits per heavy atom. The van der Waals surface area contributed by atoms with Gasteiger partial charge in [-0.3, -0.25) is 14.5 Å². The molecule has 9 heteroatoms. The molecule has 7 nitrogen and oxygen atoms in total. The lowest BCUT2D eigenvalue weighted by Gasteiger charge is -2.26. The molecule has 3 heterocycles. The van der Waals surface area contributed by atoms with Gasteiger partial charge in [-0.1, -0.05) is 43.3 Å². The smallest absolute Gasteiger partial charge is 0.291 e. The fourth-order valence-corrected chi connectivity index (χ4v) is 6.82. The number of benzene rings is 2. The van der Waals surface area contributed by atoms with Crippen LogP contribution in [0.4, 0.5) is 10.7 Å². The number of furan rings is 1. The molecule has 2 aromatic carbocycles. The number of hydrogen-bond donors (Lipinski definition) is 2. The number of carbonyl (C=O) groups excluding carboxylic acids is 2. The Bertz CT molecular complexity index is 1490. The molecular weight excluding hydrogens is 528 g/mol. The molecule has 0 aliphatic carbocycles. The highest BCUT2D eigenvalue weighted by Crippen LogP contribution is 2.38. The quantitative estimate of drug-likeness (QED) is 0.227. The number of nitrogens with zero attached hydrogens (tertiary/aromatic N) is 2. The summed E-state index contributed by atoms with van der Waals surface area (Å²) >= 11 is 2.94. The number of rotatable bonds is 9. The Kier molecular flexibility index (Phi) is 8.47. The molecule has 2 amide bonds. The second-order valence-electron chi connectivity index (χ2n) is 9.23. The third kappa shape index (κ3) is 6.42. The van der Waals surface area contributed by atoms with Crippen LogP contribution >= 0.6 is 23.1 Å². The third-order valence-electron chi connectivity index (χ3n) is 6.51. The highest BCUT2D eigenvalue weighted by molar-refractivity contribution is 8.00. The minimum Gasteiger partial charge on any atom is -0.459 e. The van der Waals surface area contributed by atoms with Gasteiger partial charge in [0.25, 0.3) is 5.91 Å². The van der Waals surface area contributed by atoms with Crippen molar-refractivity contribution in [2.45, 2.75) is 43.0 Å². The van der Waals surface area contributed by atoms with E-state index in [1.165, 1.54) is 34.9 Å². The Morgan fingerprint density at radius 2 is 1.97 bits per heavy atom. The van der Waals surface area contributed by atoms with Crippen LogP contribution in [0.5, 0.6) is 0 Å². The van der Waals surface area contributed by atoms with Crippen LogP contribution in [-0.2, 0) is 24.3 Å². The number of amides is 2. The van der Waals surface area contributed by atoms with Gasteiger partial charge in [-0.15, -0.1) is 23.1 Å². The van der Waals surface area contributed by atoms with Crippen LogP contribution < -0.4 is 10.6 Å². The SMILES string of the molecule is CCC(Sc1cccc(NC(=O)c2ccco2)c1)C(=O)Nc1sc2c(c1C#N)CCN(Cc1ccccc1)C2. The van der Waals surface area contributed by atoms with Gasteiger partial charge < -0.3 is 15.1 Å². The largest absolute Gasteiger partial charge is 0.459 e. The molecule has 0 spiro atoms. The lowest BCUT2D eigenvalue weighted by Crippen LogP contribution is -2.29. The molecule has 1 aliphatic heterocycles. The molecule has 198 valence electrons. The van der Waals surface area contributed by atoms with E-state index in [0.717, 1.165) is 41.4 Å². The lowest BCUT2D eigenvalue weighted by atomic mass is 10.0. The fourth-order valence-electron chi connectivity index (χ4n) is 4.57. The first-order chi connectivity index (χ1) is 19.0. The van der Waals surface area contributed by atoms with Gasteiger partial charge in [-0.2, -0.15) is 5.26 Å². The van der Waals surface area contributed by atoms with Crippen molar-refractivity contribution in [2.75, 3.05) is 17.2 Å². The normalized spacial score (nSPS) is 13.7. The molecular formula is C30H28N4O3S2. The molecule has 0 saturated heterocycles. The molecule has 1 atom stereocenters. The molecule has 2 N–H and O–H groups in total. The van der Waals surface area contributed by atoms with Gasteiger partial charge in [-0.05, 0) is 54.3 Å². The number of fused-ring (bicyclic) bond motifs is 1. The molecule has 0 saturated carbocycles. The zero-order chi connectivity index (χ0) is 27.2. The predicted molar refractivity (Wildman–Crippen MR) is 155 cm³/mol. The molecule has 2 aromatic heterocycles. The maximum atomic E-state index is 13.3. The van der Waals surface area contributed by atoms with E-state index < -0.39 is 0 Å². The average Bonchev–Trinajstić information content (AvgIpc) is 3.60. The first-order valence-electron chi connectivity index (χ1n) is 12.8. The fraction of sp³-hybridized carbons (Fsp3) is 0.233. The molecule has 0 fully saturated rings. The number of thioether (sulfide) groups is 1. The summed E-state index contributed by atoms with van der Waals surface area (Å²) in [7, 11) is 0. The van der Waals surface area contributed by atoms with Crippen LogP contribution in [0.3, 0.4) is 0 Å². The summed E-state index contributed by atoms with van der Waals surface area (Å²) in [6.45, 7) is 4.46. The first-order valence-corrected chi connectivity index (χ1v) is 14.5. The van der Waals surface area contributed by atoms with Gasteiger partial charge in [0.1, 0.15) is 11.1 Å². The summed E-state index contributed by atoms with van der Waals surface area (Å²) in [4.78, 5) is 30.0. The maximum Gasteiger partial charge on any atom is 0.291 e. The van der Waals surface area contributed by atoms with Crippen LogP contribution in [0.2, 0.25) is 0 Å². The Hall–Kier alpha value is -3.84. The van der Waals surface area contributed by atoms with Crippen LogP contribution in [0.25, 0.3) is 0 Å². The number of nitriles is 1. The summed E-state index contributed by atoms with van der Waals surface area (Å²) < 4.78 is 5.15. The average molecular weight is 557 g/mol. The number of thiophene rings is 1. The first kappa shape index (κ1) is 26.8. The van der Waals surface area contributed by atoms with Crippen molar-refractivity contribution in [1.29, 1.82) is 5.26 Å². The summed E-state index contributed by atoms with van der Waals surface area (Å²) in [5.74, 6) is -0.238. The second kappa shape index (κ2) is 12.3. The van der Waals surface area contributed by atoms with Crippen molar-refractivity contribution < 1.29 is 14.0 Å². The second-order valence-corrected chi connectivity index (χ2v) is 11.6. The van der Waals surface area contributed by atoms with E-state index in [-0.39, 0.29) is 22.8 Å². The van der Waals surface area contributed by atoms with E-state index in [1.54, 1.807) is 18.2 Å². The van der Waals surface area contributed by atoms with Gasteiger partial charge in [-0.25, -0.2) is 0 Å². The molecule has 39 heavy (non-hydrogen) atoms. The number of carbonyl (C=O) groups is 2. The minimum absolute atomic E-state index is 0.135. The van der Waals surface area contributed by atoms with Gasteiger partial charge in [0.05, 0.1) is 17.1 Å².